The molecule has 0 heterocycles. The Bertz CT molecular complexity index is 447. The van der Waals surface area contributed by atoms with E-state index in [9.17, 15) is 22.7 Å². The minimum atomic E-state index is -4.52. The lowest BCUT2D eigenvalue weighted by Crippen LogP contribution is -2.36. The first kappa shape index (κ1) is 17.7. The predicted molar refractivity (Wildman–Crippen MR) is 73.7 cm³/mol. The van der Waals surface area contributed by atoms with E-state index in [4.69, 9.17) is 0 Å². The third kappa shape index (κ3) is 5.51. The van der Waals surface area contributed by atoms with Gasteiger partial charge in [-0.25, -0.2) is 4.39 Å². The van der Waals surface area contributed by atoms with Crippen molar-refractivity contribution in [2.75, 3.05) is 31.5 Å². The van der Waals surface area contributed by atoms with Crippen LogP contribution in [0.2, 0.25) is 0 Å². The summed E-state index contributed by atoms with van der Waals surface area (Å²) in [6.45, 7) is 5.75. The van der Waals surface area contributed by atoms with Crippen LogP contribution in [-0.4, -0.2) is 42.3 Å². The molecule has 1 unspecified atom stereocenters. The van der Waals surface area contributed by atoms with Gasteiger partial charge in [0.05, 0.1) is 17.4 Å². The summed E-state index contributed by atoms with van der Waals surface area (Å²) < 4.78 is 51.1. The van der Waals surface area contributed by atoms with Gasteiger partial charge >= 0.3 is 6.18 Å². The van der Waals surface area contributed by atoms with Crippen LogP contribution in [0.4, 0.5) is 23.2 Å². The van der Waals surface area contributed by atoms with E-state index in [1.165, 1.54) is 0 Å². The standard InChI is InChI=1S/C14H20F4N2O/c1-3-20(4-2)9-11(21)8-19-13-7-10(14(16,17)18)5-6-12(13)15/h5-7,11,19,21H,3-4,8-9H2,1-2H3. The van der Waals surface area contributed by atoms with Crippen molar-refractivity contribution in [3.8, 4) is 0 Å². The zero-order valence-electron chi connectivity index (χ0n) is 12.0. The predicted octanol–water partition coefficient (Wildman–Crippen LogP) is 2.96. The average molecular weight is 308 g/mol. The Hall–Kier alpha value is -1.34. The van der Waals surface area contributed by atoms with Crippen LogP contribution < -0.4 is 5.32 Å². The highest BCUT2D eigenvalue weighted by Gasteiger charge is 2.31. The highest BCUT2D eigenvalue weighted by Crippen LogP contribution is 2.31. The minimum absolute atomic E-state index is 0.0191. The number of hydrogen-bond donors (Lipinski definition) is 2. The minimum Gasteiger partial charge on any atom is -0.390 e. The molecule has 1 aromatic rings. The summed E-state index contributed by atoms with van der Waals surface area (Å²) in [6, 6.07) is 2.16. The fourth-order valence-corrected chi connectivity index (χ4v) is 1.91. The van der Waals surface area contributed by atoms with E-state index < -0.39 is 23.7 Å². The molecule has 0 saturated carbocycles. The fraction of sp³-hybridized carbons (Fsp3) is 0.571. The molecular formula is C14H20F4N2O. The molecule has 0 saturated heterocycles. The van der Waals surface area contributed by atoms with Gasteiger partial charge in [0.1, 0.15) is 5.82 Å². The Balaban J connectivity index is 2.66. The number of likely N-dealkylation sites (N-methyl/N-ethyl adjacent to an activating group) is 1. The maximum absolute atomic E-state index is 13.5. The third-order valence-electron chi connectivity index (χ3n) is 3.19. The van der Waals surface area contributed by atoms with Crippen molar-refractivity contribution in [1.82, 2.24) is 4.90 Å². The number of alkyl halides is 3. The molecule has 1 atom stereocenters. The summed E-state index contributed by atoms with van der Waals surface area (Å²) in [5.74, 6) is -0.780. The summed E-state index contributed by atoms with van der Waals surface area (Å²) in [6.07, 6.45) is -5.32. The molecule has 1 aromatic carbocycles. The fourth-order valence-electron chi connectivity index (χ4n) is 1.91. The SMILES string of the molecule is CCN(CC)CC(O)CNc1cc(C(F)(F)F)ccc1F. The molecule has 0 aliphatic carbocycles. The first-order chi connectivity index (χ1) is 9.77. The average Bonchev–Trinajstić information content (AvgIpc) is 2.42. The van der Waals surface area contributed by atoms with Gasteiger partial charge in [0, 0.05) is 13.1 Å². The molecule has 0 aromatic heterocycles. The Morgan fingerprint density at radius 2 is 1.86 bits per heavy atom. The van der Waals surface area contributed by atoms with Crippen LogP contribution in [0.15, 0.2) is 18.2 Å². The molecule has 120 valence electrons. The summed E-state index contributed by atoms with van der Waals surface area (Å²) in [5, 5.41) is 12.3. The zero-order chi connectivity index (χ0) is 16.0. The number of benzene rings is 1. The maximum atomic E-state index is 13.5. The van der Waals surface area contributed by atoms with Crippen LogP contribution in [0, 0.1) is 5.82 Å². The van der Waals surface area contributed by atoms with Gasteiger partial charge in [-0.05, 0) is 31.3 Å². The molecule has 0 bridgehead atoms. The number of rotatable bonds is 7. The van der Waals surface area contributed by atoms with Gasteiger partial charge in [-0.15, -0.1) is 0 Å². The van der Waals surface area contributed by atoms with Crippen LogP contribution in [0.1, 0.15) is 19.4 Å². The van der Waals surface area contributed by atoms with E-state index in [0.29, 0.717) is 18.7 Å². The smallest absolute Gasteiger partial charge is 0.390 e. The molecule has 0 spiro atoms. The number of aliphatic hydroxyl groups excluding tert-OH is 1. The molecule has 0 fully saturated rings. The highest BCUT2D eigenvalue weighted by atomic mass is 19.4. The Labute approximate surface area is 121 Å². The van der Waals surface area contributed by atoms with Gasteiger partial charge in [-0.2, -0.15) is 13.2 Å². The maximum Gasteiger partial charge on any atom is 0.416 e. The van der Waals surface area contributed by atoms with Crippen molar-refractivity contribution >= 4 is 5.69 Å². The second-order valence-electron chi connectivity index (χ2n) is 4.71. The number of anilines is 1. The highest BCUT2D eigenvalue weighted by molar-refractivity contribution is 5.48. The summed E-state index contributed by atoms with van der Waals surface area (Å²) in [5.41, 5.74) is -1.19. The molecular weight excluding hydrogens is 288 g/mol. The number of nitrogens with one attached hydrogen (secondary N) is 1. The van der Waals surface area contributed by atoms with E-state index in [1.54, 1.807) is 0 Å². The van der Waals surface area contributed by atoms with Gasteiger partial charge in [0.25, 0.3) is 0 Å². The number of hydrogen-bond acceptors (Lipinski definition) is 3. The summed E-state index contributed by atoms with van der Waals surface area (Å²) in [7, 11) is 0. The quantitative estimate of drug-likeness (QED) is 0.760. The van der Waals surface area contributed by atoms with Gasteiger partial charge in [-0.3, -0.25) is 0 Å². The van der Waals surface area contributed by atoms with Crippen molar-refractivity contribution in [2.45, 2.75) is 26.1 Å². The third-order valence-corrected chi connectivity index (χ3v) is 3.19. The lowest BCUT2D eigenvalue weighted by molar-refractivity contribution is -0.137. The Morgan fingerprint density at radius 1 is 1.24 bits per heavy atom. The molecule has 3 nitrogen and oxygen atoms in total. The lowest BCUT2D eigenvalue weighted by Gasteiger charge is -2.22. The lowest BCUT2D eigenvalue weighted by atomic mass is 10.2. The van der Waals surface area contributed by atoms with Gasteiger partial charge in [-0.1, -0.05) is 13.8 Å². The molecule has 0 aliphatic rings. The summed E-state index contributed by atoms with van der Waals surface area (Å²) in [4.78, 5) is 1.97. The van der Waals surface area contributed by atoms with E-state index in [2.05, 4.69) is 5.32 Å². The van der Waals surface area contributed by atoms with E-state index >= 15 is 0 Å². The second-order valence-corrected chi connectivity index (χ2v) is 4.71. The monoisotopic (exact) mass is 308 g/mol. The van der Waals surface area contributed by atoms with Crippen LogP contribution >= 0.6 is 0 Å². The van der Waals surface area contributed by atoms with Crippen molar-refractivity contribution in [2.24, 2.45) is 0 Å². The first-order valence-corrected chi connectivity index (χ1v) is 6.79. The summed E-state index contributed by atoms with van der Waals surface area (Å²) >= 11 is 0. The topological polar surface area (TPSA) is 35.5 Å². The second kappa shape index (κ2) is 7.61. The van der Waals surface area contributed by atoms with Crippen molar-refractivity contribution in [3.05, 3.63) is 29.6 Å². The first-order valence-electron chi connectivity index (χ1n) is 6.79. The van der Waals surface area contributed by atoms with Crippen LogP contribution in [-0.2, 0) is 6.18 Å². The number of nitrogens with zero attached hydrogens (tertiary/aromatic N) is 1. The zero-order valence-corrected chi connectivity index (χ0v) is 12.0. The van der Waals surface area contributed by atoms with Crippen molar-refractivity contribution in [1.29, 1.82) is 0 Å². The molecule has 0 aliphatic heterocycles. The molecule has 0 radical (unpaired) electrons. The van der Waals surface area contributed by atoms with Crippen LogP contribution in [0.25, 0.3) is 0 Å². The van der Waals surface area contributed by atoms with Gasteiger partial charge in [0.15, 0.2) is 0 Å². The van der Waals surface area contributed by atoms with Crippen molar-refractivity contribution < 1.29 is 22.7 Å². The van der Waals surface area contributed by atoms with E-state index in [1.807, 2.05) is 18.7 Å². The van der Waals surface area contributed by atoms with Crippen LogP contribution in [0.3, 0.4) is 0 Å². The molecule has 2 N–H and O–H groups in total. The van der Waals surface area contributed by atoms with Crippen molar-refractivity contribution in [3.63, 3.8) is 0 Å². The largest absolute Gasteiger partial charge is 0.416 e. The van der Waals surface area contributed by atoms with Gasteiger partial charge < -0.3 is 15.3 Å². The molecule has 21 heavy (non-hydrogen) atoms. The molecule has 7 heteroatoms. The van der Waals surface area contributed by atoms with Crippen LogP contribution in [0.5, 0.6) is 0 Å². The number of aliphatic hydroxyl groups is 1. The van der Waals surface area contributed by atoms with E-state index in [-0.39, 0.29) is 12.2 Å². The number of halogens is 4. The Kier molecular flexibility index (Phi) is 6.42. The molecule has 1 rings (SSSR count). The Morgan fingerprint density at radius 3 is 2.38 bits per heavy atom. The normalized spacial score (nSPS) is 13.5. The van der Waals surface area contributed by atoms with Gasteiger partial charge in [0.2, 0.25) is 0 Å². The molecule has 0 amide bonds. The van der Waals surface area contributed by atoms with E-state index in [0.717, 1.165) is 19.2 Å².